The lowest BCUT2D eigenvalue weighted by molar-refractivity contribution is -0.140. The normalized spacial score (nSPS) is 11.9. The zero-order chi connectivity index (χ0) is 13.0. The summed E-state index contributed by atoms with van der Waals surface area (Å²) in [6.07, 6.45) is 0. The molecule has 17 heavy (non-hydrogen) atoms. The summed E-state index contributed by atoms with van der Waals surface area (Å²) in [7, 11) is 0. The van der Waals surface area contributed by atoms with Gasteiger partial charge >= 0.3 is 5.97 Å². The molecule has 0 heterocycles. The highest BCUT2D eigenvalue weighted by atomic mass is 79.9. The minimum Gasteiger partial charge on any atom is -0.480 e. The van der Waals surface area contributed by atoms with Crippen LogP contribution < -0.4 is 5.32 Å². The summed E-state index contributed by atoms with van der Waals surface area (Å²) >= 11 is 3.04. The number of nitrogens with one attached hydrogen (secondary N) is 1. The molecule has 0 unspecified atom stereocenters. The van der Waals surface area contributed by atoms with E-state index in [1.165, 1.54) is 6.07 Å². The van der Waals surface area contributed by atoms with E-state index in [1.54, 1.807) is 0 Å². The molecule has 0 bridgehead atoms. The maximum absolute atomic E-state index is 12.9. The van der Waals surface area contributed by atoms with Gasteiger partial charge in [0.15, 0.2) is 6.04 Å². The van der Waals surface area contributed by atoms with Crippen LogP contribution in [0.25, 0.3) is 0 Å². The van der Waals surface area contributed by atoms with E-state index in [4.69, 9.17) is 10.2 Å². The Morgan fingerprint density at radius 2 is 2.12 bits per heavy atom. The van der Waals surface area contributed by atoms with E-state index >= 15 is 0 Å². The third kappa shape index (κ3) is 3.50. The zero-order valence-corrected chi connectivity index (χ0v) is 10.1. The van der Waals surface area contributed by atoms with Crippen LogP contribution in [0.1, 0.15) is 10.4 Å². The third-order valence-corrected chi connectivity index (χ3v) is 2.65. The Morgan fingerprint density at radius 1 is 1.47 bits per heavy atom. The molecule has 3 N–H and O–H groups in total. The van der Waals surface area contributed by atoms with Crippen molar-refractivity contribution in [3.63, 3.8) is 0 Å². The molecule has 5 nitrogen and oxygen atoms in total. The van der Waals surface area contributed by atoms with Crippen LogP contribution in [0, 0.1) is 5.82 Å². The maximum atomic E-state index is 12.9. The maximum Gasteiger partial charge on any atom is 0.328 e. The lowest BCUT2D eigenvalue weighted by Crippen LogP contribution is -2.43. The minimum absolute atomic E-state index is 0.0373. The van der Waals surface area contributed by atoms with E-state index in [0.29, 0.717) is 4.47 Å². The highest BCUT2D eigenvalue weighted by Crippen LogP contribution is 2.17. The van der Waals surface area contributed by atoms with Crippen molar-refractivity contribution in [1.82, 2.24) is 5.32 Å². The van der Waals surface area contributed by atoms with E-state index in [-0.39, 0.29) is 5.56 Å². The molecule has 1 atom stereocenters. The van der Waals surface area contributed by atoms with E-state index in [1.807, 2.05) is 0 Å². The summed E-state index contributed by atoms with van der Waals surface area (Å²) in [5, 5.41) is 19.4. The number of amides is 1. The van der Waals surface area contributed by atoms with Crippen LogP contribution in [-0.4, -0.2) is 34.7 Å². The van der Waals surface area contributed by atoms with Crippen LogP contribution in [0.3, 0.4) is 0 Å². The molecule has 1 amide bonds. The number of carbonyl (C=O) groups excluding carboxylic acids is 1. The molecule has 0 saturated carbocycles. The highest BCUT2D eigenvalue weighted by molar-refractivity contribution is 9.10. The number of carboxylic acid groups (broad SMARTS) is 1. The van der Waals surface area contributed by atoms with E-state index in [9.17, 15) is 14.0 Å². The molecule has 1 aromatic rings. The molecule has 0 aliphatic heterocycles. The first kappa shape index (κ1) is 13.6. The van der Waals surface area contributed by atoms with Gasteiger partial charge in [-0.1, -0.05) is 0 Å². The van der Waals surface area contributed by atoms with Crippen LogP contribution in [0.5, 0.6) is 0 Å². The molecule has 1 rings (SSSR count). The van der Waals surface area contributed by atoms with Gasteiger partial charge in [0.25, 0.3) is 5.91 Å². The summed E-state index contributed by atoms with van der Waals surface area (Å²) in [5.41, 5.74) is -0.0373. The number of carbonyl (C=O) groups is 2. The van der Waals surface area contributed by atoms with Crippen molar-refractivity contribution in [1.29, 1.82) is 0 Å². The first-order valence-electron chi connectivity index (χ1n) is 4.55. The van der Waals surface area contributed by atoms with Crippen molar-refractivity contribution >= 4 is 27.8 Å². The van der Waals surface area contributed by atoms with Crippen molar-refractivity contribution < 1.29 is 24.2 Å². The third-order valence-electron chi connectivity index (χ3n) is 1.96. The Bertz CT molecular complexity index is 452. The molecule has 0 aliphatic rings. The largest absolute Gasteiger partial charge is 0.480 e. The van der Waals surface area contributed by atoms with Crippen LogP contribution >= 0.6 is 15.9 Å². The van der Waals surface area contributed by atoms with E-state index in [0.717, 1.165) is 12.1 Å². The van der Waals surface area contributed by atoms with Gasteiger partial charge in [-0.2, -0.15) is 0 Å². The number of carboxylic acids is 1. The van der Waals surface area contributed by atoms with Crippen molar-refractivity contribution in [2.45, 2.75) is 6.04 Å². The lowest BCUT2D eigenvalue weighted by Gasteiger charge is -2.12. The standard InChI is InChI=1S/C10H9BrFNO4/c11-7-2-1-5(12)3-6(7)9(15)13-8(4-14)10(16)17/h1-3,8,14H,4H2,(H,13,15)(H,16,17)/t8-/m0/s1. The second kappa shape index (κ2) is 5.74. The van der Waals surface area contributed by atoms with Crippen molar-refractivity contribution in [3.05, 3.63) is 34.1 Å². The Hall–Kier alpha value is -1.47. The topological polar surface area (TPSA) is 86.6 Å². The molecule has 0 spiro atoms. The summed E-state index contributed by atoms with van der Waals surface area (Å²) in [6, 6.07) is 2.04. The Morgan fingerprint density at radius 3 is 2.65 bits per heavy atom. The van der Waals surface area contributed by atoms with Crippen molar-refractivity contribution in [3.8, 4) is 0 Å². The molecule has 7 heteroatoms. The van der Waals surface area contributed by atoms with Crippen LogP contribution in [-0.2, 0) is 4.79 Å². The smallest absolute Gasteiger partial charge is 0.328 e. The van der Waals surface area contributed by atoms with Gasteiger partial charge < -0.3 is 15.5 Å². The average Bonchev–Trinajstić information content (AvgIpc) is 2.28. The summed E-state index contributed by atoms with van der Waals surface area (Å²) in [5.74, 6) is -2.76. The van der Waals surface area contributed by atoms with Crippen LogP contribution in [0.2, 0.25) is 0 Å². The summed E-state index contributed by atoms with van der Waals surface area (Å²) in [6.45, 7) is -0.742. The highest BCUT2D eigenvalue weighted by Gasteiger charge is 2.21. The van der Waals surface area contributed by atoms with Gasteiger partial charge in [-0.25, -0.2) is 9.18 Å². The minimum atomic E-state index is -1.42. The van der Waals surface area contributed by atoms with Gasteiger partial charge in [0.1, 0.15) is 5.82 Å². The van der Waals surface area contributed by atoms with Gasteiger partial charge in [-0.15, -0.1) is 0 Å². The lowest BCUT2D eigenvalue weighted by atomic mass is 10.2. The predicted molar refractivity (Wildman–Crippen MR) is 60.1 cm³/mol. The number of hydrogen-bond donors (Lipinski definition) is 3. The fourth-order valence-electron chi connectivity index (χ4n) is 1.09. The van der Waals surface area contributed by atoms with Gasteiger partial charge in [-0.3, -0.25) is 4.79 Å². The van der Waals surface area contributed by atoms with Gasteiger partial charge in [0, 0.05) is 4.47 Å². The predicted octanol–water partition coefficient (Wildman–Crippen LogP) is 0.764. The Balaban J connectivity index is 2.89. The summed E-state index contributed by atoms with van der Waals surface area (Å²) in [4.78, 5) is 22.2. The number of benzene rings is 1. The molecule has 92 valence electrons. The molecule has 0 radical (unpaired) electrons. The molecule has 1 aromatic carbocycles. The van der Waals surface area contributed by atoms with Crippen LogP contribution in [0.4, 0.5) is 4.39 Å². The summed E-state index contributed by atoms with van der Waals surface area (Å²) < 4.78 is 13.3. The second-order valence-electron chi connectivity index (χ2n) is 3.17. The fraction of sp³-hybridized carbons (Fsp3) is 0.200. The monoisotopic (exact) mass is 305 g/mol. The first-order chi connectivity index (χ1) is 7.95. The second-order valence-corrected chi connectivity index (χ2v) is 4.03. The molecule has 0 saturated heterocycles. The van der Waals surface area contributed by atoms with Gasteiger partial charge in [-0.05, 0) is 34.1 Å². The zero-order valence-electron chi connectivity index (χ0n) is 8.48. The number of aliphatic hydroxyl groups is 1. The number of aliphatic hydroxyl groups excluding tert-OH is 1. The van der Waals surface area contributed by atoms with E-state index in [2.05, 4.69) is 21.2 Å². The Labute approximate surface area is 104 Å². The number of hydrogen-bond acceptors (Lipinski definition) is 3. The van der Waals surface area contributed by atoms with Gasteiger partial charge in [0.05, 0.1) is 12.2 Å². The van der Waals surface area contributed by atoms with Crippen LogP contribution in [0.15, 0.2) is 22.7 Å². The van der Waals surface area contributed by atoms with E-state index < -0.39 is 30.3 Å². The Kier molecular flexibility index (Phi) is 4.59. The SMILES string of the molecule is O=C(N[C@@H](CO)C(=O)O)c1cc(F)ccc1Br. The fourth-order valence-corrected chi connectivity index (χ4v) is 1.52. The number of rotatable bonds is 4. The average molecular weight is 306 g/mol. The van der Waals surface area contributed by atoms with Gasteiger partial charge in [0.2, 0.25) is 0 Å². The molecular formula is C10H9BrFNO4. The molecule has 0 aliphatic carbocycles. The number of aliphatic carboxylic acids is 1. The molecule has 0 fully saturated rings. The van der Waals surface area contributed by atoms with Crippen molar-refractivity contribution in [2.24, 2.45) is 0 Å². The quantitative estimate of drug-likeness (QED) is 0.766. The molecular weight excluding hydrogens is 297 g/mol. The molecule has 0 aromatic heterocycles. The van der Waals surface area contributed by atoms with Crippen molar-refractivity contribution in [2.75, 3.05) is 6.61 Å². The first-order valence-corrected chi connectivity index (χ1v) is 5.34. The number of halogens is 2.